The first-order valence-electron chi connectivity index (χ1n) is 9.33. The molecule has 1 amide bonds. The molecular weight excluding hydrogens is 368 g/mol. The second kappa shape index (κ2) is 6.99. The van der Waals surface area contributed by atoms with E-state index in [1.807, 2.05) is 35.8 Å². The third-order valence-corrected chi connectivity index (χ3v) is 5.06. The molecule has 0 unspecified atom stereocenters. The first-order chi connectivity index (χ1) is 14.2. The maximum absolute atomic E-state index is 11.4. The normalized spacial score (nSPS) is 12.7. The number of hydrazine groups is 1. The topological polar surface area (TPSA) is 108 Å². The standard InChI is InChI=1S/C21H18N6O2/c22-25-21(28)29-13-6-7-14-15(8-10-24-17(14)12-13)19-18-5-3-11-27(18)26-20(19)16-4-1-2-9-23-16/h1-2,4,6-10,12H,3,5,11,22H2,(H,25,28). The molecule has 0 atom stereocenters. The number of ether oxygens (including phenoxy) is 1. The number of nitrogens with one attached hydrogen (secondary N) is 1. The molecule has 1 aromatic carbocycles. The highest BCUT2D eigenvalue weighted by molar-refractivity contribution is 5.99. The van der Waals surface area contributed by atoms with E-state index < -0.39 is 6.09 Å². The number of rotatable bonds is 3. The van der Waals surface area contributed by atoms with Gasteiger partial charge in [-0.25, -0.2) is 10.6 Å². The molecule has 0 radical (unpaired) electrons. The number of fused-ring (bicyclic) bond motifs is 2. The van der Waals surface area contributed by atoms with Crippen LogP contribution >= 0.6 is 0 Å². The van der Waals surface area contributed by atoms with Crippen LogP contribution in [0.3, 0.4) is 0 Å². The predicted octanol–water partition coefficient (Wildman–Crippen LogP) is 3.07. The van der Waals surface area contributed by atoms with Crippen LogP contribution in [0.2, 0.25) is 0 Å². The summed E-state index contributed by atoms with van der Waals surface area (Å²) >= 11 is 0. The lowest BCUT2D eigenvalue weighted by Gasteiger charge is -2.10. The van der Waals surface area contributed by atoms with Crippen LogP contribution in [0.15, 0.2) is 54.9 Å². The fourth-order valence-corrected chi connectivity index (χ4v) is 3.84. The first-order valence-corrected chi connectivity index (χ1v) is 9.33. The Morgan fingerprint density at radius 2 is 2.07 bits per heavy atom. The van der Waals surface area contributed by atoms with Crippen LogP contribution in [0.4, 0.5) is 4.79 Å². The molecule has 29 heavy (non-hydrogen) atoms. The molecule has 0 saturated heterocycles. The molecule has 1 aliphatic heterocycles. The number of benzene rings is 1. The highest BCUT2D eigenvalue weighted by Gasteiger charge is 2.25. The largest absolute Gasteiger partial charge is 0.426 e. The lowest BCUT2D eigenvalue weighted by atomic mass is 9.96. The van der Waals surface area contributed by atoms with E-state index in [1.165, 1.54) is 5.69 Å². The molecule has 8 heteroatoms. The highest BCUT2D eigenvalue weighted by Crippen LogP contribution is 2.40. The monoisotopic (exact) mass is 386 g/mol. The number of aryl methyl sites for hydroxylation is 1. The number of aromatic nitrogens is 4. The Kier molecular flexibility index (Phi) is 4.18. The first kappa shape index (κ1) is 17.3. The molecule has 0 saturated carbocycles. The minimum atomic E-state index is -0.729. The van der Waals surface area contributed by atoms with Gasteiger partial charge in [-0.2, -0.15) is 5.10 Å². The van der Waals surface area contributed by atoms with Crippen LogP contribution in [0.1, 0.15) is 12.1 Å². The van der Waals surface area contributed by atoms with Crippen molar-refractivity contribution in [3.8, 4) is 28.3 Å². The van der Waals surface area contributed by atoms with Crippen molar-refractivity contribution in [1.82, 2.24) is 25.2 Å². The Morgan fingerprint density at radius 1 is 1.14 bits per heavy atom. The van der Waals surface area contributed by atoms with Gasteiger partial charge in [-0.15, -0.1) is 0 Å². The van der Waals surface area contributed by atoms with Crippen molar-refractivity contribution < 1.29 is 9.53 Å². The molecule has 0 fully saturated rings. The minimum Gasteiger partial charge on any atom is -0.409 e. The number of nitrogens with zero attached hydrogens (tertiary/aromatic N) is 4. The average Bonchev–Trinajstić information content (AvgIpc) is 3.35. The highest BCUT2D eigenvalue weighted by atomic mass is 16.6. The molecule has 1 aliphatic rings. The van der Waals surface area contributed by atoms with Crippen molar-refractivity contribution in [2.75, 3.05) is 0 Å². The fourth-order valence-electron chi connectivity index (χ4n) is 3.84. The zero-order valence-corrected chi connectivity index (χ0v) is 15.5. The Labute approximate surface area is 166 Å². The predicted molar refractivity (Wildman–Crippen MR) is 108 cm³/mol. The second-order valence-corrected chi connectivity index (χ2v) is 6.78. The van der Waals surface area contributed by atoms with Gasteiger partial charge in [-0.05, 0) is 48.7 Å². The van der Waals surface area contributed by atoms with Crippen LogP contribution in [-0.4, -0.2) is 25.8 Å². The van der Waals surface area contributed by atoms with Gasteiger partial charge in [-0.1, -0.05) is 6.07 Å². The van der Waals surface area contributed by atoms with E-state index in [4.69, 9.17) is 15.7 Å². The summed E-state index contributed by atoms with van der Waals surface area (Å²) in [5.41, 5.74) is 7.71. The maximum Gasteiger partial charge on any atom is 0.426 e. The number of hydrogen-bond acceptors (Lipinski definition) is 6. The molecule has 3 aromatic heterocycles. The SMILES string of the molecule is NNC(=O)Oc1ccc2c(-c3c(-c4ccccn4)nn4c3CCC4)ccnc2c1. The molecule has 5 rings (SSSR count). The summed E-state index contributed by atoms with van der Waals surface area (Å²) in [6, 6.07) is 13.2. The van der Waals surface area contributed by atoms with Crippen LogP contribution in [0.5, 0.6) is 5.75 Å². The number of hydrogen-bond donors (Lipinski definition) is 2. The van der Waals surface area contributed by atoms with Gasteiger partial charge in [0.15, 0.2) is 0 Å². The fraction of sp³-hybridized carbons (Fsp3) is 0.143. The van der Waals surface area contributed by atoms with Gasteiger partial charge >= 0.3 is 6.09 Å². The van der Waals surface area contributed by atoms with E-state index in [9.17, 15) is 4.79 Å². The molecule has 144 valence electrons. The lowest BCUT2D eigenvalue weighted by Crippen LogP contribution is -2.32. The van der Waals surface area contributed by atoms with Crippen molar-refractivity contribution >= 4 is 17.0 Å². The van der Waals surface area contributed by atoms with Crippen molar-refractivity contribution in [2.45, 2.75) is 19.4 Å². The zero-order chi connectivity index (χ0) is 19.8. The van der Waals surface area contributed by atoms with Crippen molar-refractivity contribution in [2.24, 2.45) is 5.84 Å². The number of carbonyl (C=O) groups excluding carboxylic acids is 1. The summed E-state index contributed by atoms with van der Waals surface area (Å²) in [5.74, 6) is 5.46. The number of amides is 1. The average molecular weight is 386 g/mol. The van der Waals surface area contributed by atoms with Gasteiger partial charge in [0.25, 0.3) is 0 Å². The number of carbonyl (C=O) groups is 1. The van der Waals surface area contributed by atoms with Crippen molar-refractivity contribution in [3.05, 3.63) is 60.6 Å². The van der Waals surface area contributed by atoms with E-state index in [-0.39, 0.29) is 0 Å². The molecule has 3 N–H and O–H groups in total. The summed E-state index contributed by atoms with van der Waals surface area (Å²) in [4.78, 5) is 20.4. The minimum absolute atomic E-state index is 0.371. The van der Waals surface area contributed by atoms with Crippen LogP contribution < -0.4 is 16.0 Å². The zero-order valence-electron chi connectivity index (χ0n) is 15.5. The maximum atomic E-state index is 11.4. The Hall–Kier alpha value is -3.78. The Bertz CT molecular complexity index is 1220. The van der Waals surface area contributed by atoms with Crippen molar-refractivity contribution in [3.63, 3.8) is 0 Å². The summed E-state index contributed by atoms with van der Waals surface area (Å²) in [6.45, 7) is 0.907. The van der Waals surface area contributed by atoms with Crippen LogP contribution in [0, 0.1) is 0 Å². The van der Waals surface area contributed by atoms with E-state index in [1.54, 1.807) is 24.5 Å². The number of pyridine rings is 2. The van der Waals surface area contributed by atoms with Crippen LogP contribution in [-0.2, 0) is 13.0 Å². The van der Waals surface area contributed by atoms with Gasteiger partial charge in [0.05, 0.1) is 11.2 Å². The van der Waals surface area contributed by atoms with E-state index >= 15 is 0 Å². The smallest absolute Gasteiger partial charge is 0.409 e. The van der Waals surface area contributed by atoms with Gasteiger partial charge in [0, 0.05) is 41.6 Å². The lowest BCUT2D eigenvalue weighted by molar-refractivity contribution is 0.201. The van der Waals surface area contributed by atoms with Crippen LogP contribution in [0.25, 0.3) is 33.4 Å². The Balaban J connectivity index is 1.69. The second-order valence-electron chi connectivity index (χ2n) is 6.78. The molecular formula is C21H18N6O2. The van der Waals surface area contributed by atoms with Gasteiger partial charge < -0.3 is 4.74 Å². The summed E-state index contributed by atoms with van der Waals surface area (Å²) in [7, 11) is 0. The molecule has 8 nitrogen and oxygen atoms in total. The van der Waals surface area contributed by atoms with Crippen molar-refractivity contribution in [1.29, 1.82) is 0 Å². The van der Waals surface area contributed by atoms with Gasteiger partial charge in [0.2, 0.25) is 0 Å². The quantitative estimate of drug-likeness (QED) is 0.318. The molecule has 4 heterocycles. The third kappa shape index (κ3) is 2.99. The molecule has 0 aliphatic carbocycles. The molecule has 0 bridgehead atoms. The van der Waals surface area contributed by atoms with E-state index in [0.717, 1.165) is 52.8 Å². The Morgan fingerprint density at radius 3 is 2.90 bits per heavy atom. The molecule has 4 aromatic rings. The summed E-state index contributed by atoms with van der Waals surface area (Å²) < 4.78 is 7.21. The molecule has 0 spiro atoms. The van der Waals surface area contributed by atoms with E-state index in [0.29, 0.717) is 5.75 Å². The van der Waals surface area contributed by atoms with Gasteiger partial charge in [0.1, 0.15) is 11.4 Å². The van der Waals surface area contributed by atoms with E-state index in [2.05, 4.69) is 14.6 Å². The van der Waals surface area contributed by atoms with Gasteiger partial charge in [-0.3, -0.25) is 20.1 Å². The number of nitrogens with two attached hydrogens (primary N) is 1. The summed E-state index contributed by atoms with van der Waals surface area (Å²) in [5, 5.41) is 5.81. The summed E-state index contributed by atoms with van der Waals surface area (Å²) in [6.07, 6.45) is 4.85. The third-order valence-electron chi connectivity index (χ3n) is 5.06.